The number of esters is 1. The molecule has 21 heavy (non-hydrogen) atoms. The van der Waals surface area contributed by atoms with Crippen molar-refractivity contribution >= 4 is 5.97 Å². The number of hydrogen-bond acceptors (Lipinski definition) is 2. The molecule has 3 fully saturated rings. The van der Waals surface area contributed by atoms with Crippen LogP contribution in [-0.2, 0) is 9.53 Å². The van der Waals surface area contributed by atoms with Crippen LogP contribution in [0.25, 0.3) is 0 Å². The topological polar surface area (TPSA) is 26.3 Å². The van der Waals surface area contributed by atoms with Gasteiger partial charge in [-0.05, 0) is 62.7 Å². The van der Waals surface area contributed by atoms with Gasteiger partial charge in [0, 0.05) is 0 Å². The summed E-state index contributed by atoms with van der Waals surface area (Å²) >= 11 is 0. The molecule has 3 aliphatic carbocycles. The standard InChI is InChI=1S/C16H23F3O2/c1-3-15(2,16(17,18)19)14(20)21-13-8-9-7-12(13)11-6-4-5-10(9)11/h9-13H,3-8H2,1-2H3. The lowest BCUT2D eigenvalue weighted by Crippen LogP contribution is -2.45. The van der Waals surface area contributed by atoms with Gasteiger partial charge in [0.2, 0.25) is 0 Å². The summed E-state index contributed by atoms with van der Waals surface area (Å²) in [6.07, 6.45) is 0.339. The fraction of sp³-hybridized carbons (Fsp3) is 0.938. The van der Waals surface area contributed by atoms with E-state index in [1.165, 1.54) is 19.8 Å². The number of ether oxygens (including phenoxy) is 1. The average molecular weight is 304 g/mol. The Morgan fingerprint density at radius 1 is 1.14 bits per heavy atom. The minimum Gasteiger partial charge on any atom is -0.461 e. The Morgan fingerprint density at radius 2 is 1.81 bits per heavy atom. The lowest BCUT2D eigenvalue weighted by molar-refractivity contribution is -0.234. The summed E-state index contributed by atoms with van der Waals surface area (Å²) in [4.78, 5) is 12.1. The van der Waals surface area contributed by atoms with Gasteiger partial charge in [0.1, 0.15) is 6.10 Å². The fourth-order valence-electron chi connectivity index (χ4n) is 4.87. The van der Waals surface area contributed by atoms with E-state index in [4.69, 9.17) is 4.74 Å². The Labute approximate surface area is 123 Å². The molecule has 120 valence electrons. The van der Waals surface area contributed by atoms with Crippen molar-refractivity contribution in [1.82, 2.24) is 0 Å². The molecule has 3 rings (SSSR count). The molecule has 0 amide bonds. The molecule has 0 aromatic carbocycles. The molecular weight excluding hydrogens is 281 g/mol. The lowest BCUT2D eigenvalue weighted by Gasteiger charge is -2.35. The number of alkyl halides is 3. The van der Waals surface area contributed by atoms with E-state index in [1.54, 1.807) is 0 Å². The molecule has 0 heterocycles. The van der Waals surface area contributed by atoms with E-state index in [9.17, 15) is 18.0 Å². The van der Waals surface area contributed by atoms with Crippen molar-refractivity contribution in [3.05, 3.63) is 0 Å². The Balaban J connectivity index is 1.69. The monoisotopic (exact) mass is 304 g/mol. The fourth-order valence-corrected chi connectivity index (χ4v) is 4.87. The van der Waals surface area contributed by atoms with Crippen LogP contribution in [0.2, 0.25) is 0 Å². The predicted molar refractivity (Wildman–Crippen MR) is 71.4 cm³/mol. The van der Waals surface area contributed by atoms with Crippen LogP contribution in [0.15, 0.2) is 0 Å². The van der Waals surface area contributed by atoms with Gasteiger partial charge in [0.25, 0.3) is 0 Å². The van der Waals surface area contributed by atoms with Crippen LogP contribution in [-0.4, -0.2) is 18.2 Å². The molecule has 0 N–H and O–H groups in total. The zero-order valence-corrected chi connectivity index (χ0v) is 12.6. The van der Waals surface area contributed by atoms with Crippen LogP contribution in [0.5, 0.6) is 0 Å². The van der Waals surface area contributed by atoms with Gasteiger partial charge >= 0.3 is 12.1 Å². The smallest absolute Gasteiger partial charge is 0.404 e. The third kappa shape index (κ3) is 2.18. The maximum atomic E-state index is 13.1. The zero-order valence-electron chi connectivity index (χ0n) is 12.6. The molecule has 0 aliphatic heterocycles. The molecule has 0 saturated heterocycles. The molecule has 0 aromatic rings. The molecule has 5 heteroatoms. The summed E-state index contributed by atoms with van der Waals surface area (Å²) in [5, 5.41) is 0. The number of fused-ring (bicyclic) bond motifs is 5. The summed E-state index contributed by atoms with van der Waals surface area (Å²) in [7, 11) is 0. The van der Waals surface area contributed by atoms with Crippen molar-refractivity contribution in [2.24, 2.45) is 29.1 Å². The Kier molecular flexibility index (Phi) is 3.53. The van der Waals surface area contributed by atoms with Gasteiger partial charge in [-0.15, -0.1) is 0 Å². The highest BCUT2D eigenvalue weighted by atomic mass is 19.4. The van der Waals surface area contributed by atoms with E-state index in [-0.39, 0.29) is 12.5 Å². The van der Waals surface area contributed by atoms with Gasteiger partial charge in [0.15, 0.2) is 5.41 Å². The van der Waals surface area contributed by atoms with Crippen LogP contribution in [0.4, 0.5) is 13.2 Å². The summed E-state index contributed by atoms with van der Waals surface area (Å²) in [5.74, 6) is 1.12. The molecule has 0 spiro atoms. The molecule has 3 saturated carbocycles. The third-order valence-electron chi connectivity index (χ3n) is 6.41. The normalized spacial score (nSPS) is 40.9. The molecule has 3 aliphatic rings. The first kappa shape index (κ1) is 15.2. The molecule has 0 aromatic heterocycles. The van der Waals surface area contributed by atoms with Crippen molar-refractivity contribution in [2.45, 2.75) is 64.7 Å². The minimum absolute atomic E-state index is 0.276. The van der Waals surface area contributed by atoms with Gasteiger partial charge in [-0.25, -0.2) is 0 Å². The van der Waals surface area contributed by atoms with Gasteiger partial charge in [-0.1, -0.05) is 13.3 Å². The van der Waals surface area contributed by atoms with Crippen LogP contribution in [0.1, 0.15) is 52.4 Å². The first-order chi connectivity index (χ1) is 9.78. The van der Waals surface area contributed by atoms with Crippen LogP contribution < -0.4 is 0 Å². The van der Waals surface area contributed by atoms with Crippen molar-refractivity contribution in [2.75, 3.05) is 0 Å². The second kappa shape index (κ2) is 4.88. The van der Waals surface area contributed by atoms with Crippen LogP contribution >= 0.6 is 0 Å². The first-order valence-corrected chi connectivity index (χ1v) is 8.05. The highest BCUT2D eigenvalue weighted by molar-refractivity contribution is 5.77. The van der Waals surface area contributed by atoms with E-state index < -0.39 is 17.6 Å². The number of carbonyl (C=O) groups is 1. The molecule has 0 radical (unpaired) electrons. The second-order valence-electron chi connectivity index (χ2n) is 7.28. The van der Waals surface area contributed by atoms with Crippen molar-refractivity contribution < 1.29 is 22.7 Å². The third-order valence-corrected chi connectivity index (χ3v) is 6.41. The highest BCUT2D eigenvalue weighted by Crippen LogP contribution is 2.59. The van der Waals surface area contributed by atoms with E-state index >= 15 is 0 Å². The van der Waals surface area contributed by atoms with E-state index in [0.29, 0.717) is 17.8 Å². The van der Waals surface area contributed by atoms with Gasteiger partial charge < -0.3 is 4.74 Å². The summed E-state index contributed by atoms with van der Waals surface area (Å²) in [6, 6.07) is 0. The Hall–Kier alpha value is -0.740. The summed E-state index contributed by atoms with van der Waals surface area (Å²) in [6.45, 7) is 2.35. The van der Waals surface area contributed by atoms with Crippen molar-refractivity contribution in [3.8, 4) is 0 Å². The average Bonchev–Trinajstić information content (AvgIpc) is 3.07. The molecule has 2 bridgehead atoms. The second-order valence-corrected chi connectivity index (χ2v) is 7.28. The molecule has 2 nitrogen and oxygen atoms in total. The number of rotatable bonds is 3. The van der Waals surface area contributed by atoms with Crippen LogP contribution in [0, 0.1) is 29.1 Å². The predicted octanol–water partition coefficient (Wildman–Crippen LogP) is 4.33. The largest absolute Gasteiger partial charge is 0.461 e. The first-order valence-electron chi connectivity index (χ1n) is 8.05. The number of halogens is 3. The number of hydrogen-bond donors (Lipinski definition) is 0. The highest BCUT2D eigenvalue weighted by Gasteiger charge is 2.59. The lowest BCUT2D eigenvalue weighted by atomic mass is 9.80. The number of carbonyl (C=O) groups excluding carboxylic acids is 1. The maximum Gasteiger partial charge on any atom is 0.404 e. The van der Waals surface area contributed by atoms with E-state index in [1.807, 2.05) is 0 Å². The Bertz CT molecular complexity index is 434. The van der Waals surface area contributed by atoms with Crippen LogP contribution in [0.3, 0.4) is 0 Å². The van der Waals surface area contributed by atoms with E-state index in [0.717, 1.165) is 32.1 Å². The van der Waals surface area contributed by atoms with Crippen molar-refractivity contribution in [1.29, 1.82) is 0 Å². The van der Waals surface area contributed by atoms with Gasteiger partial charge in [-0.3, -0.25) is 4.79 Å². The SMILES string of the molecule is CCC(C)(C(=O)OC1CC2CC1C1CCCC21)C(F)(F)F. The van der Waals surface area contributed by atoms with Gasteiger partial charge in [-0.2, -0.15) is 13.2 Å². The summed E-state index contributed by atoms with van der Waals surface area (Å²) < 4.78 is 44.8. The van der Waals surface area contributed by atoms with Crippen molar-refractivity contribution in [3.63, 3.8) is 0 Å². The maximum absolute atomic E-state index is 13.1. The zero-order chi connectivity index (χ0) is 15.4. The van der Waals surface area contributed by atoms with Gasteiger partial charge in [0.05, 0.1) is 0 Å². The molecule has 6 unspecified atom stereocenters. The minimum atomic E-state index is -4.55. The van der Waals surface area contributed by atoms with E-state index in [2.05, 4.69) is 0 Å². The summed E-state index contributed by atoms with van der Waals surface area (Å²) in [5.41, 5.74) is -2.37. The Morgan fingerprint density at radius 3 is 2.43 bits per heavy atom. The quantitative estimate of drug-likeness (QED) is 0.725. The molecular formula is C16H23F3O2. The molecule has 6 atom stereocenters.